The number of allylic oxidation sites excluding steroid dienone is 2. The van der Waals surface area contributed by atoms with Crippen molar-refractivity contribution in [2.75, 3.05) is 0 Å². The van der Waals surface area contributed by atoms with Gasteiger partial charge in [0.2, 0.25) is 0 Å². The molecule has 0 spiro atoms. The van der Waals surface area contributed by atoms with E-state index < -0.39 is 32.5 Å². The van der Waals surface area contributed by atoms with Crippen LogP contribution < -0.4 is 0 Å². The summed E-state index contributed by atoms with van der Waals surface area (Å²) < 4.78 is 43.6. The lowest BCUT2D eigenvalue weighted by Gasteiger charge is -2.10. The number of esters is 2. The monoisotopic (exact) mass is 550 g/mol. The summed E-state index contributed by atoms with van der Waals surface area (Å²) in [5, 5.41) is 0. The van der Waals surface area contributed by atoms with E-state index in [1.807, 2.05) is 0 Å². The molecular weight excluding hydrogens is 504 g/mol. The van der Waals surface area contributed by atoms with Crippen molar-refractivity contribution in [3.8, 4) is 0 Å². The van der Waals surface area contributed by atoms with Gasteiger partial charge in [-0.05, 0) is 50.0 Å². The maximum Gasteiger partial charge on any atom is 0.345 e. The van der Waals surface area contributed by atoms with Gasteiger partial charge in [0.1, 0.15) is 4.90 Å². The maximum atomic E-state index is 12.7. The highest BCUT2D eigenvalue weighted by atomic mass is 32.2. The maximum absolute atomic E-state index is 12.7. The topological polar surface area (TPSA) is 107 Å². The highest BCUT2D eigenvalue weighted by Crippen LogP contribution is 2.22. The van der Waals surface area contributed by atoms with Crippen molar-refractivity contribution in [1.82, 2.24) is 0 Å². The molecule has 7 nitrogen and oxygen atoms in total. The number of carbonyl (C=O) groups is 2. The Balaban J connectivity index is 2.66. The molecule has 0 amide bonds. The minimum Gasteiger partial charge on any atom is -0.431 e. The van der Waals surface area contributed by atoms with Gasteiger partial charge in [-0.2, -0.15) is 8.42 Å². The molecule has 1 N–H and O–H groups in total. The molecule has 38 heavy (non-hydrogen) atoms. The first-order valence-corrected chi connectivity index (χ1v) is 15.6. The van der Waals surface area contributed by atoms with Crippen molar-refractivity contribution < 1.29 is 32.0 Å². The molecule has 0 radical (unpaired) electrons. The minimum absolute atomic E-state index is 0.300. The first kappa shape index (κ1) is 33.6. The number of rotatable bonds is 21. The van der Waals surface area contributed by atoms with Crippen molar-refractivity contribution >= 4 is 22.1 Å². The summed E-state index contributed by atoms with van der Waals surface area (Å²) in [6.07, 6.45) is 23.6. The van der Waals surface area contributed by atoms with Gasteiger partial charge in [0.25, 0.3) is 10.1 Å². The Labute approximate surface area is 229 Å². The molecule has 1 aromatic rings. The van der Waals surface area contributed by atoms with Gasteiger partial charge < -0.3 is 9.47 Å². The Morgan fingerprint density at radius 2 is 1.16 bits per heavy atom. The average molecular weight is 551 g/mol. The largest absolute Gasteiger partial charge is 0.431 e. The number of ether oxygens (including phenoxy) is 2. The number of benzene rings is 1. The van der Waals surface area contributed by atoms with Gasteiger partial charge in [0.05, 0.1) is 23.7 Å². The van der Waals surface area contributed by atoms with Gasteiger partial charge in [-0.3, -0.25) is 4.55 Å². The van der Waals surface area contributed by atoms with Gasteiger partial charge in [-0.15, -0.1) is 0 Å². The van der Waals surface area contributed by atoms with Crippen LogP contribution in [0.1, 0.15) is 137 Å². The van der Waals surface area contributed by atoms with Gasteiger partial charge in [0.15, 0.2) is 0 Å². The molecular formula is C30H46O7S. The number of carbonyl (C=O) groups excluding carboxylic acids is 2. The van der Waals surface area contributed by atoms with E-state index in [-0.39, 0.29) is 5.56 Å². The zero-order valence-electron chi connectivity index (χ0n) is 23.2. The molecule has 0 unspecified atom stereocenters. The Hall–Kier alpha value is -2.45. The molecule has 0 bridgehead atoms. The lowest BCUT2D eigenvalue weighted by molar-refractivity contribution is 0.0614. The quantitative estimate of drug-likeness (QED) is 0.0707. The molecule has 0 aliphatic heterocycles. The highest BCUT2D eigenvalue weighted by molar-refractivity contribution is 7.86. The van der Waals surface area contributed by atoms with Crippen LogP contribution in [0, 0.1) is 0 Å². The summed E-state index contributed by atoms with van der Waals surface area (Å²) in [4.78, 5) is 24.7. The van der Waals surface area contributed by atoms with Gasteiger partial charge in [-0.25, -0.2) is 9.59 Å². The van der Waals surface area contributed by atoms with Crippen LogP contribution in [-0.2, 0) is 19.6 Å². The predicted octanol–water partition coefficient (Wildman–Crippen LogP) is 8.56. The molecule has 1 rings (SSSR count). The molecule has 1 aromatic carbocycles. The van der Waals surface area contributed by atoms with Gasteiger partial charge in [-0.1, -0.05) is 97.0 Å². The molecule has 0 saturated carbocycles. The second-order valence-corrected chi connectivity index (χ2v) is 10.9. The van der Waals surface area contributed by atoms with Crippen molar-refractivity contribution in [3.63, 3.8) is 0 Å². The summed E-state index contributed by atoms with van der Waals surface area (Å²) in [6.45, 7) is 4.37. The second-order valence-electron chi connectivity index (χ2n) is 9.53. The average Bonchev–Trinajstić information content (AvgIpc) is 2.89. The van der Waals surface area contributed by atoms with Crippen LogP contribution >= 0.6 is 0 Å². The number of unbranched alkanes of at least 4 members (excludes halogenated alkanes) is 14. The van der Waals surface area contributed by atoms with E-state index in [1.54, 1.807) is 12.2 Å². The third-order valence-corrected chi connectivity index (χ3v) is 7.12. The Bertz CT molecular complexity index is 980. The van der Waals surface area contributed by atoms with Crippen LogP contribution in [0.5, 0.6) is 0 Å². The minimum atomic E-state index is -4.78. The van der Waals surface area contributed by atoms with Crippen molar-refractivity contribution in [2.45, 2.75) is 121 Å². The first-order chi connectivity index (χ1) is 18.3. The van der Waals surface area contributed by atoms with Crippen LogP contribution in [0.3, 0.4) is 0 Å². The van der Waals surface area contributed by atoms with Crippen LogP contribution in [0.25, 0.3) is 0 Å². The fourth-order valence-corrected chi connectivity index (χ4v) is 4.75. The molecule has 0 atom stereocenters. The number of hydrogen-bond donors (Lipinski definition) is 1. The van der Waals surface area contributed by atoms with E-state index in [0.717, 1.165) is 44.6 Å². The first-order valence-electron chi connectivity index (χ1n) is 14.1. The normalized spacial score (nSPS) is 11.9. The number of hydrogen-bond acceptors (Lipinski definition) is 6. The van der Waals surface area contributed by atoms with Crippen LogP contribution in [0.15, 0.2) is 47.8 Å². The van der Waals surface area contributed by atoms with Crippen LogP contribution in [0.2, 0.25) is 0 Å². The van der Waals surface area contributed by atoms with Gasteiger partial charge in [0, 0.05) is 0 Å². The predicted molar refractivity (Wildman–Crippen MR) is 151 cm³/mol. The standard InChI is InChI=1S/C30H46O7S/c1-3-5-7-9-11-13-15-17-19-24-36-29(31)26-22-21-23-27(38(33,34)35)28(26)30(32)37-25-20-18-16-14-12-10-8-6-4-2/h19-25H,3-18H2,1-2H3,(H,33,34,35)/b24-19+,25-20+. The molecule has 0 heterocycles. The van der Waals surface area contributed by atoms with E-state index in [1.165, 1.54) is 82.4 Å². The highest BCUT2D eigenvalue weighted by Gasteiger charge is 2.28. The molecule has 0 aliphatic rings. The zero-order chi connectivity index (χ0) is 28.1. The smallest absolute Gasteiger partial charge is 0.345 e. The Morgan fingerprint density at radius 1 is 0.711 bits per heavy atom. The van der Waals surface area contributed by atoms with Crippen molar-refractivity contribution in [3.05, 3.63) is 54.0 Å². The fourth-order valence-electron chi connectivity index (χ4n) is 4.04. The third kappa shape index (κ3) is 14.5. The molecule has 0 saturated heterocycles. The van der Waals surface area contributed by atoms with E-state index in [2.05, 4.69) is 13.8 Å². The second kappa shape index (κ2) is 20.5. The van der Waals surface area contributed by atoms with Crippen molar-refractivity contribution in [2.24, 2.45) is 0 Å². The van der Waals surface area contributed by atoms with Crippen LogP contribution in [-0.4, -0.2) is 24.9 Å². The summed E-state index contributed by atoms with van der Waals surface area (Å²) in [7, 11) is -4.78. The zero-order valence-corrected chi connectivity index (χ0v) is 24.0. The molecule has 8 heteroatoms. The van der Waals surface area contributed by atoms with Gasteiger partial charge >= 0.3 is 11.9 Å². The Morgan fingerprint density at radius 3 is 1.63 bits per heavy atom. The lowest BCUT2D eigenvalue weighted by atomic mass is 10.1. The summed E-state index contributed by atoms with van der Waals surface area (Å²) in [5.41, 5.74) is -0.854. The van der Waals surface area contributed by atoms with Crippen LogP contribution in [0.4, 0.5) is 0 Å². The van der Waals surface area contributed by atoms with E-state index in [9.17, 15) is 22.6 Å². The summed E-state index contributed by atoms with van der Waals surface area (Å²) >= 11 is 0. The SMILES string of the molecule is CCCCCCCCC/C=C/OC(=O)c1cccc(S(=O)(=O)O)c1C(=O)O/C=C/CCCCCCCCC. The lowest BCUT2D eigenvalue weighted by Crippen LogP contribution is -2.16. The Kier molecular flexibility index (Phi) is 18.1. The van der Waals surface area contributed by atoms with E-state index >= 15 is 0 Å². The molecule has 214 valence electrons. The van der Waals surface area contributed by atoms with Crippen molar-refractivity contribution in [1.29, 1.82) is 0 Å². The van der Waals surface area contributed by atoms with E-state index in [0.29, 0.717) is 6.42 Å². The summed E-state index contributed by atoms with van der Waals surface area (Å²) in [6, 6.07) is 3.57. The summed E-state index contributed by atoms with van der Waals surface area (Å²) in [5.74, 6) is -1.97. The molecule has 0 fully saturated rings. The molecule has 0 aliphatic carbocycles. The fraction of sp³-hybridized carbons (Fsp3) is 0.600. The molecule has 0 aromatic heterocycles. The van der Waals surface area contributed by atoms with E-state index in [4.69, 9.17) is 9.47 Å². The third-order valence-electron chi connectivity index (χ3n) is 6.22.